The lowest BCUT2D eigenvalue weighted by Gasteiger charge is -2.31. The van der Waals surface area contributed by atoms with E-state index in [1.807, 2.05) is 6.92 Å². The molecule has 1 aliphatic rings. The molecule has 0 bridgehead atoms. The third kappa shape index (κ3) is 1.91. The van der Waals surface area contributed by atoms with Gasteiger partial charge in [-0.1, -0.05) is 6.92 Å². The highest BCUT2D eigenvalue weighted by atomic mass is 16.3. The van der Waals surface area contributed by atoms with Crippen LogP contribution in [-0.4, -0.2) is 36.2 Å². The lowest BCUT2D eigenvalue weighted by molar-refractivity contribution is -0.123. The number of hydrogen-bond acceptors (Lipinski definition) is 3. The van der Waals surface area contributed by atoms with Crippen LogP contribution < -0.4 is 10.6 Å². The molecule has 1 aliphatic heterocycles. The summed E-state index contributed by atoms with van der Waals surface area (Å²) >= 11 is 0. The summed E-state index contributed by atoms with van der Waals surface area (Å²) in [4.78, 5) is 10.8. The molecule has 4 nitrogen and oxygen atoms in total. The van der Waals surface area contributed by atoms with Gasteiger partial charge in [0.2, 0.25) is 5.91 Å². The van der Waals surface area contributed by atoms with Gasteiger partial charge in [-0.15, -0.1) is 0 Å². The zero-order valence-electron chi connectivity index (χ0n) is 6.63. The Hall–Kier alpha value is -0.610. The van der Waals surface area contributed by atoms with E-state index in [0.29, 0.717) is 6.54 Å². The molecule has 2 unspecified atom stereocenters. The molecule has 1 rings (SSSR count). The monoisotopic (exact) mass is 158 g/mol. The molecule has 11 heavy (non-hydrogen) atoms. The van der Waals surface area contributed by atoms with Crippen molar-refractivity contribution < 1.29 is 9.90 Å². The van der Waals surface area contributed by atoms with E-state index < -0.39 is 0 Å². The Morgan fingerprint density at radius 2 is 2.36 bits per heavy atom. The fraction of sp³-hybridized carbons (Fsp3) is 0.857. The maximum atomic E-state index is 10.8. The number of carbonyl (C=O) groups is 1. The number of amides is 1. The van der Waals surface area contributed by atoms with E-state index in [1.165, 1.54) is 0 Å². The third-order valence-corrected chi connectivity index (χ3v) is 1.99. The molecule has 1 amide bonds. The first-order valence-electron chi connectivity index (χ1n) is 3.91. The average molecular weight is 158 g/mol. The highest BCUT2D eigenvalue weighted by Crippen LogP contribution is 2.01. The molecule has 2 atom stereocenters. The first-order chi connectivity index (χ1) is 5.27. The van der Waals surface area contributed by atoms with Gasteiger partial charge in [0.15, 0.2) is 0 Å². The van der Waals surface area contributed by atoms with Gasteiger partial charge in [-0.3, -0.25) is 4.79 Å². The molecule has 4 heteroatoms. The van der Waals surface area contributed by atoms with E-state index in [4.69, 9.17) is 5.11 Å². The maximum absolute atomic E-state index is 10.8. The van der Waals surface area contributed by atoms with Crippen molar-refractivity contribution in [3.63, 3.8) is 0 Å². The summed E-state index contributed by atoms with van der Waals surface area (Å²) < 4.78 is 0. The Balaban J connectivity index is 2.48. The number of rotatable bonds is 2. The van der Waals surface area contributed by atoms with E-state index in [2.05, 4.69) is 10.6 Å². The first kappa shape index (κ1) is 8.49. The van der Waals surface area contributed by atoms with Crippen LogP contribution in [-0.2, 0) is 4.79 Å². The van der Waals surface area contributed by atoms with E-state index in [1.54, 1.807) is 0 Å². The number of piperazine rings is 1. The van der Waals surface area contributed by atoms with Crippen LogP contribution in [0.15, 0.2) is 0 Å². The Morgan fingerprint density at radius 3 is 2.91 bits per heavy atom. The molecule has 1 saturated heterocycles. The van der Waals surface area contributed by atoms with Gasteiger partial charge in [0.05, 0.1) is 19.2 Å². The summed E-state index contributed by atoms with van der Waals surface area (Å²) in [7, 11) is 0. The largest absolute Gasteiger partial charge is 0.394 e. The molecule has 0 radical (unpaired) electrons. The standard InChI is InChI=1S/C7H14N2O2/c1-2-5-6(4-10)9-7(11)3-8-5/h5-6,8,10H,2-4H2,1H3,(H,9,11). The van der Waals surface area contributed by atoms with E-state index >= 15 is 0 Å². The highest BCUT2D eigenvalue weighted by molar-refractivity contribution is 5.79. The first-order valence-corrected chi connectivity index (χ1v) is 3.91. The molecule has 1 heterocycles. The Bertz CT molecular complexity index is 149. The number of carbonyl (C=O) groups excluding carboxylic acids is 1. The molecule has 0 saturated carbocycles. The minimum atomic E-state index is -0.110. The van der Waals surface area contributed by atoms with Crippen molar-refractivity contribution in [2.24, 2.45) is 0 Å². The van der Waals surface area contributed by atoms with Crippen LogP contribution in [0.3, 0.4) is 0 Å². The van der Waals surface area contributed by atoms with Crippen LogP contribution in [0.4, 0.5) is 0 Å². The molecule has 0 aliphatic carbocycles. The molecule has 0 spiro atoms. The molecule has 0 aromatic carbocycles. The van der Waals surface area contributed by atoms with Gasteiger partial charge in [0.1, 0.15) is 0 Å². The third-order valence-electron chi connectivity index (χ3n) is 1.99. The fourth-order valence-corrected chi connectivity index (χ4v) is 1.33. The normalized spacial score (nSPS) is 31.6. The lowest BCUT2D eigenvalue weighted by Crippen LogP contribution is -2.59. The van der Waals surface area contributed by atoms with E-state index in [9.17, 15) is 4.79 Å². The maximum Gasteiger partial charge on any atom is 0.234 e. The minimum absolute atomic E-state index is 0.0112. The predicted octanol–water partition coefficient (Wildman–Crippen LogP) is -1.15. The van der Waals surface area contributed by atoms with Gasteiger partial charge in [-0.25, -0.2) is 0 Å². The minimum Gasteiger partial charge on any atom is -0.394 e. The Kier molecular flexibility index (Phi) is 2.84. The molecular formula is C7H14N2O2. The van der Waals surface area contributed by atoms with Gasteiger partial charge in [-0.05, 0) is 6.42 Å². The zero-order valence-corrected chi connectivity index (χ0v) is 6.63. The van der Waals surface area contributed by atoms with Crippen molar-refractivity contribution in [3.05, 3.63) is 0 Å². The SMILES string of the molecule is CCC1NCC(=O)NC1CO. The van der Waals surface area contributed by atoms with Crippen molar-refractivity contribution in [3.8, 4) is 0 Å². The summed E-state index contributed by atoms with van der Waals surface area (Å²) in [6.45, 7) is 2.41. The smallest absolute Gasteiger partial charge is 0.234 e. The van der Waals surface area contributed by atoms with E-state index in [-0.39, 0.29) is 24.6 Å². The second-order valence-corrected chi connectivity index (χ2v) is 2.75. The van der Waals surface area contributed by atoms with E-state index in [0.717, 1.165) is 6.42 Å². The Labute approximate surface area is 66.0 Å². The summed E-state index contributed by atoms with van der Waals surface area (Å²) in [5.74, 6) is -0.0336. The van der Waals surface area contributed by atoms with Gasteiger partial charge in [-0.2, -0.15) is 0 Å². The quantitative estimate of drug-likeness (QED) is 0.475. The topological polar surface area (TPSA) is 61.4 Å². The van der Waals surface area contributed by atoms with Crippen LogP contribution in [0, 0.1) is 0 Å². The number of hydrogen-bond donors (Lipinski definition) is 3. The second-order valence-electron chi connectivity index (χ2n) is 2.75. The van der Waals surface area contributed by atoms with Crippen molar-refractivity contribution in [1.29, 1.82) is 0 Å². The van der Waals surface area contributed by atoms with Crippen molar-refractivity contribution >= 4 is 5.91 Å². The summed E-state index contributed by atoms with van der Waals surface area (Å²) in [6, 6.07) is 0.110. The summed E-state index contributed by atoms with van der Waals surface area (Å²) in [5.41, 5.74) is 0. The molecule has 3 N–H and O–H groups in total. The van der Waals surface area contributed by atoms with Crippen molar-refractivity contribution in [2.45, 2.75) is 25.4 Å². The number of aliphatic hydroxyl groups is 1. The second kappa shape index (κ2) is 3.69. The fourth-order valence-electron chi connectivity index (χ4n) is 1.33. The van der Waals surface area contributed by atoms with Gasteiger partial charge in [0, 0.05) is 6.04 Å². The Morgan fingerprint density at radius 1 is 1.64 bits per heavy atom. The average Bonchev–Trinajstić information content (AvgIpc) is 2.04. The van der Waals surface area contributed by atoms with Crippen molar-refractivity contribution in [2.75, 3.05) is 13.2 Å². The van der Waals surface area contributed by atoms with Crippen LogP contribution >= 0.6 is 0 Å². The van der Waals surface area contributed by atoms with Gasteiger partial charge >= 0.3 is 0 Å². The lowest BCUT2D eigenvalue weighted by atomic mass is 10.0. The molecular weight excluding hydrogens is 144 g/mol. The molecule has 0 aromatic heterocycles. The van der Waals surface area contributed by atoms with Crippen LogP contribution in [0.2, 0.25) is 0 Å². The predicted molar refractivity (Wildman–Crippen MR) is 41.1 cm³/mol. The zero-order chi connectivity index (χ0) is 8.27. The molecule has 64 valence electrons. The van der Waals surface area contributed by atoms with Gasteiger partial charge in [0.25, 0.3) is 0 Å². The van der Waals surface area contributed by atoms with Crippen LogP contribution in [0.5, 0.6) is 0 Å². The molecule has 0 aromatic rings. The summed E-state index contributed by atoms with van der Waals surface area (Å²) in [6.07, 6.45) is 0.922. The highest BCUT2D eigenvalue weighted by Gasteiger charge is 2.25. The molecule has 1 fully saturated rings. The summed E-state index contributed by atoms with van der Waals surface area (Å²) in [5, 5.41) is 14.6. The van der Waals surface area contributed by atoms with Crippen molar-refractivity contribution in [1.82, 2.24) is 10.6 Å². The van der Waals surface area contributed by atoms with Crippen LogP contribution in [0.1, 0.15) is 13.3 Å². The van der Waals surface area contributed by atoms with Gasteiger partial charge < -0.3 is 15.7 Å². The van der Waals surface area contributed by atoms with Crippen LogP contribution in [0.25, 0.3) is 0 Å². The number of aliphatic hydroxyl groups excluding tert-OH is 1. The number of nitrogens with one attached hydrogen (secondary N) is 2.